The first-order valence-electron chi connectivity index (χ1n) is 9.79. The van der Waals surface area contributed by atoms with E-state index in [1.54, 1.807) is 7.05 Å². The fourth-order valence-corrected chi connectivity index (χ4v) is 3.51. The molecule has 2 atom stereocenters. The Bertz CT molecular complexity index is 507. The summed E-state index contributed by atoms with van der Waals surface area (Å²) in [5.41, 5.74) is -0.568. The van der Waals surface area contributed by atoms with Gasteiger partial charge < -0.3 is 19.4 Å². The van der Waals surface area contributed by atoms with Crippen LogP contribution in [0.4, 0.5) is 4.79 Å². The van der Waals surface area contributed by atoms with Crippen LogP contribution >= 0.6 is 0 Å². The lowest BCUT2D eigenvalue weighted by Crippen LogP contribution is -2.52. The van der Waals surface area contributed by atoms with Crippen LogP contribution in [0.15, 0.2) is 0 Å². The molecule has 0 fully saturated rings. The largest absolute Gasteiger partial charge is 0.444 e. The lowest BCUT2D eigenvalue weighted by molar-refractivity contribution is -0.128. The van der Waals surface area contributed by atoms with Gasteiger partial charge in [0.25, 0.3) is 0 Å². The topological polar surface area (TPSA) is 67.9 Å². The fourth-order valence-electron chi connectivity index (χ4n) is 2.12. The van der Waals surface area contributed by atoms with Crippen LogP contribution in [0.25, 0.3) is 0 Å². The molecule has 6 nitrogen and oxygen atoms in total. The molecule has 0 aliphatic heterocycles. The average Bonchev–Trinajstić information content (AvgIpc) is 2.41. The lowest BCUT2D eigenvalue weighted by Gasteiger charge is -2.41. The maximum atomic E-state index is 12.6. The van der Waals surface area contributed by atoms with Crippen molar-refractivity contribution in [1.82, 2.24) is 10.2 Å². The summed E-state index contributed by atoms with van der Waals surface area (Å²) in [6, 6.07) is 0.0528. The summed E-state index contributed by atoms with van der Waals surface area (Å²) in [7, 11) is -0.440. The van der Waals surface area contributed by atoms with E-state index in [4.69, 9.17) is 9.16 Å². The fraction of sp³-hybridized carbons (Fsp3) is 0.900. The van der Waals surface area contributed by atoms with Crippen LogP contribution < -0.4 is 5.32 Å². The van der Waals surface area contributed by atoms with E-state index in [0.29, 0.717) is 6.54 Å². The molecule has 0 bridgehead atoms. The molecule has 0 aliphatic rings. The van der Waals surface area contributed by atoms with E-state index < -0.39 is 26.1 Å². The van der Waals surface area contributed by atoms with Gasteiger partial charge in [0, 0.05) is 19.6 Å². The Morgan fingerprint density at radius 1 is 1.04 bits per heavy atom. The number of nitrogens with zero attached hydrogens (tertiary/aromatic N) is 1. The molecule has 2 unspecified atom stereocenters. The zero-order chi connectivity index (χ0) is 21.8. The van der Waals surface area contributed by atoms with Gasteiger partial charge >= 0.3 is 6.09 Å². The Hall–Kier alpha value is -1.08. The van der Waals surface area contributed by atoms with Crippen molar-refractivity contribution in [3.8, 4) is 0 Å². The molecule has 0 aromatic heterocycles. The van der Waals surface area contributed by atoms with E-state index in [0.717, 1.165) is 0 Å². The summed E-state index contributed by atoms with van der Waals surface area (Å²) >= 11 is 0. The predicted octanol–water partition coefficient (Wildman–Crippen LogP) is 4.40. The number of carbonyl (C=O) groups excluding carboxylic acids is 2. The molecule has 2 amide bonds. The minimum Gasteiger partial charge on any atom is -0.444 e. The Balaban J connectivity index is 5.47. The van der Waals surface area contributed by atoms with Gasteiger partial charge in [-0.25, -0.2) is 4.79 Å². The van der Waals surface area contributed by atoms with Crippen LogP contribution in [0, 0.1) is 5.92 Å². The summed E-state index contributed by atoms with van der Waals surface area (Å²) in [6.07, 6.45) is -0.815. The number of ether oxygens (including phenoxy) is 1. The highest BCUT2D eigenvalue weighted by molar-refractivity contribution is 6.74. The molecular formula is C20H42N2O4Si. The normalized spacial score (nSPS) is 15.3. The van der Waals surface area contributed by atoms with Gasteiger partial charge in [0.05, 0.1) is 12.0 Å². The smallest absolute Gasteiger partial charge is 0.410 e. The van der Waals surface area contributed by atoms with Crippen molar-refractivity contribution in [1.29, 1.82) is 0 Å². The van der Waals surface area contributed by atoms with Crippen molar-refractivity contribution < 1.29 is 18.8 Å². The van der Waals surface area contributed by atoms with Crippen molar-refractivity contribution in [2.24, 2.45) is 5.92 Å². The maximum Gasteiger partial charge on any atom is 0.410 e. The molecule has 0 spiro atoms. The molecule has 0 saturated heterocycles. The van der Waals surface area contributed by atoms with Crippen LogP contribution in [0.5, 0.6) is 0 Å². The number of carbonyl (C=O) groups is 2. The van der Waals surface area contributed by atoms with E-state index >= 15 is 0 Å². The highest BCUT2D eigenvalue weighted by Crippen LogP contribution is 2.38. The summed E-state index contributed by atoms with van der Waals surface area (Å²) < 4.78 is 12.0. The third kappa shape index (κ3) is 9.10. The average molecular weight is 403 g/mol. The minimum atomic E-state index is -2.12. The van der Waals surface area contributed by atoms with E-state index in [1.165, 1.54) is 4.90 Å². The first-order valence-corrected chi connectivity index (χ1v) is 12.7. The standard InChI is InChI=1S/C20H42N2O4Si/c1-14(2)21-17(23)15(3)16(26-27(11,12)20(7,8)9)13-22(10)18(24)25-19(4,5)6/h14-16H,13H2,1-12H3,(H,21,23). The number of rotatable bonds is 7. The van der Waals surface area contributed by atoms with Gasteiger partial charge in [-0.3, -0.25) is 4.79 Å². The highest BCUT2D eigenvalue weighted by Gasteiger charge is 2.42. The zero-order valence-corrected chi connectivity index (χ0v) is 20.5. The lowest BCUT2D eigenvalue weighted by atomic mass is 10.0. The van der Waals surface area contributed by atoms with Gasteiger partial charge in [0.1, 0.15) is 5.60 Å². The second-order valence-corrected chi connectivity index (χ2v) is 15.0. The van der Waals surface area contributed by atoms with Gasteiger partial charge in [-0.05, 0) is 52.8 Å². The molecule has 7 heteroatoms. The molecule has 27 heavy (non-hydrogen) atoms. The van der Waals surface area contributed by atoms with Crippen LogP contribution in [-0.4, -0.2) is 56.6 Å². The molecule has 0 radical (unpaired) electrons. The van der Waals surface area contributed by atoms with Crippen LogP contribution in [0.2, 0.25) is 18.1 Å². The number of hydrogen-bond acceptors (Lipinski definition) is 4. The highest BCUT2D eigenvalue weighted by atomic mass is 28.4. The number of amides is 2. The molecule has 160 valence electrons. The van der Waals surface area contributed by atoms with Gasteiger partial charge in [0.15, 0.2) is 8.32 Å². The Labute approximate surface area is 167 Å². The SMILES string of the molecule is CC(C)NC(=O)C(C)C(CN(C)C(=O)OC(C)(C)C)O[Si](C)(C)C(C)(C)C. The molecular weight excluding hydrogens is 360 g/mol. The Kier molecular flexibility index (Phi) is 9.03. The number of likely N-dealkylation sites (N-methyl/N-ethyl adjacent to an activating group) is 1. The van der Waals surface area contributed by atoms with E-state index in [2.05, 4.69) is 39.2 Å². The summed E-state index contributed by atoms with van der Waals surface area (Å²) in [6.45, 7) is 22.3. The second kappa shape index (κ2) is 9.41. The van der Waals surface area contributed by atoms with E-state index in [1.807, 2.05) is 41.5 Å². The maximum absolute atomic E-state index is 12.6. The van der Waals surface area contributed by atoms with Gasteiger partial charge in [-0.1, -0.05) is 27.7 Å². The van der Waals surface area contributed by atoms with E-state index in [-0.39, 0.29) is 22.9 Å². The molecule has 1 N–H and O–H groups in total. The van der Waals surface area contributed by atoms with Gasteiger partial charge in [0.2, 0.25) is 5.91 Å². The van der Waals surface area contributed by atoms with Crippen molar-refractivity contribution in [3.05, 3.63) is 0 Å². The number of hydrogen-bond donors (Lipinski definition) is 1. The van der Waals surface area contributed by atoms with Gasteiger partial charge in [-0.2, -0.15) is 0 Å². The first-order chi connectivity index (χ1) is 11.9. The Morgan fingerprint density at radius 3 is 1.89 bits per heavy atom. The minimum absolute atomic E-state index is 0.00395. The van der Waals surface area contributed by atoms with Crippen molar-refractivity contribution in [3.63, 3.8) is 0 Å². The molecule has 0 saturated carbocycles. The quantitative estimate of drug-likeness (QED) is 0.641. The number of nitrogens with one attached hydrogen (secondary N) is 1. The van der Waals surface area contributed by atoms with Crippen LogP contribution in [0.3, 0.4) is 0 Å². The van der Waals surface area contributed by atoms with Crippen molar-refractivity contribution in [2.75, 3.05) is 13.6 Å². The molecule has 0 aromatic rings. The van der Waals surface area contributed by atoms with Crippen LogP contribution in [0.1, 0.15) is 62.3 Å². The third-order valence-corrected chi connectivity index (χ3v) is 9.32. The van der Waals surface area contributed by atoms with Crippen LogP contribution in [-0.2, 0) is 14.0 Å². The monoisotopic (exact) mass is 402 g/mol. The summed E-state index contributed by atoms with van der Waals surface area (Å²) in [4.78, 5) is 26.5. The Morgan fingerprint density at radius 2 is 1.52 bits per heavy atom. The zero-order valence-electron chi connectivity index (χ0n) is 19.5. The second-order valence-electron chi connectivity index (χ2n) is 10.2. The predicted molar refractivity (Wildman–Crippen MR) is 113 cm³/mol. The van der Waals surface area contributed by atoms with Crippen molar-refractivity contribution in [2.45, 2.75) is 98.2 Å². The molecule has 0 heterocycles. The molecule has 0 rings (SSSR count). The third-order valence-electron chi connectivity index (χ3n) is 4.81. The van der Waals surface area contributed by atoms with Crippen molar-refractivity contribution >= 4 is 20.3 Å². The summed E-state index contributed by atoms with van der Waals surface area (Å²) in [5, 5.41) is 2.95. The van der Waals surface area contributed by atoms with Gasteiger partial charge in [-0.15, -0.1) is 0 Å². The van der Waals surface area contributed by atoms with E-state index in [9.17, 15) is 9.59 Å². The summed E-state index contributed by atoms with van der Waals surface area (Å²) in [5.74, 6) is -0.447. The first kappa shape index (κ1) is 25.9. The molecule has 0 aromatic carbocycles. The molecule has 0 aliphatic carbocycles.